The molecule has 0 spiro atoms. The highest BCUT2D eigenvalue weighted by atomic mass is 32.1. The van der Waals surface area contributed by atoms with Crippen LogP contribution >= 0.6 is 11.3 Å². The van der Waals surface area contributed by atoms with Gasteiger partial charge in [0, 0.05) is 12.5 Å². The van der Waals surface area contributed by atoms with Crippen molar-refractivity contribution in [1.29, 1.82) is 0 Å². The van der Waals surface area contributed by atoms with Gasteiger partial charge in [0.05, 0.1) is 16.2 Å². The molecule has 3 nitrogen and oxygen atoms in total. The van der Waals surface area contributed by atoms with Crippen LogP contribution in [0.5, 0.6) is 0 Å². The third-order valence-corrected chi connectivity index (χ3v) is 4.87. The number of hydrogen-bond acceptors (Lipinski definition) is 4. The molecule has 1 aromatic rings. The highest BCUT2D eigenvalue weighted by Crippen LogP contribution is 2.47. The van der Waals surface area contributed by atoms with Crippen LogP contribution in [0.25, 0.3) is 0 Å². The first-order chi connectivity index (χ1) is 8.05. The van der Waals surface area contributed by atoms with Gasteiger partial charge in [0.25, 0.3) is 0 Å². The molecule has 17 heavy (non-hydrogen) atoms. The second-order valence-electron chi connectivity index (χ2n) is 5.60. The van der Waals surface area contributed by atoms with E-state index >= 15 is 0 Å². The lowest BCUT2D eigenvalue weighted by Crippen LogP contribution is -2.15. The highest BCUT2D eigenvalue weighted by molar-refractivity contribution is 7.12. The molecule has 94 valence electrons. The predicted molar refractivity (Wildman–Crippen MR) is 67.3 cm³/mol. The van der Waals surface area contributed by atoms with E-state index in [0.29, 0.717) is 5.92 Å². The summed E-state index contributed by atoms with van der Waals surface area (Å²) < 4.78 is 5.69. The second kappa shape index (κ2) is 4.04. The molecule has 1 aliphatic heterocycles. The van der Waals surface area contributed by atoms with Crippen molar-refractivity contribution < 1.29 is 9.84 Å². The molecule has 1 N–H and O–H groups in total. The minimum atomic E-state index is -0.771. The Hall–Kier alpha value is -0.450. The molecule has 3 rings (SSSR count). The first-order valence-corrected chi connectivity index (χ1v) is 7.22. The number of nitrogens with zero attached hydrogens (tertiary/aromatic N) is 1. The summed E-state index contributed by atoms with van der Waals surface area (Å²) >= 11 is 1.65. The summed E-state index contributed by atoms with van der Waals surface area (Å²) in [7, 11) is 0. The summed E-state index contributed by atoms with van der Waals surface area (Å²) in [6, 6.07) is 0. The lowest BCUT2D eigenvalue weighted by molar-refractivity contribution is 0.0813. The van der Waals surface area contributed by atoms with Crippen LogP contribution in [-0.2, 0) is 10.3 Å². The third kappa shape index (κ3) is 2.26. The zero-order valence-electron chi connectivity index (χ0n) is 10.4. The SMILES string of the molecule is CC(C)(O)c1sc(C2CCCO2)nc1C1CC1. The van der Waals surface area contributed by atoms with Crippen molar-refractivity contribution in [3.05, 3.63) is 15.6 Å². The topological polar surface area (TPSA) is 42.4 Å². The molecule has 1 aromatic heterocycles. The van der Waals surface area contributed by atoms with Crippen molar-refractivity contribution >= 4 is 11.3 Å². The number of hydrogen-bond donors (Lipinski definition) is 1. The van der Waals surface area contributed by atoms with Crippen LogP contribution in [-0.4, -0.2) is 16.7 Å². The van der Waals surface area contributed by atoms with Gasteiger partial charge in [-0.15, -0.1) is 11.3 Å². The van der Waals surface area contributed by atoms with Crippen molar-refractivity contribution in [2.45, 2.75) is 57.2 Å². The maximum Gasteiger partial charge on any atom is 0.122 e. The second-order valence-corrected chi connectivity index (χ2v) is 6.63. The fourth-order valence-electron chi connectivity index (χ4n) is 2.33. The van der Waals surface area contributed by atoms with Crippen molar-refractivity contribution in [2.24, 2.45) is 0 Å². The summed E-state index contributed by atoms with van der Waals surface area (Å²) in [5, 5.41) is 11.3. The molecule has 0 aromatic carbocycles. The number of rotatable bonds is 3. The zero-order chi connectivity index (χ0) is 12.0. The molecule has 2 fully saturated rings. The van der Waals surface area contributed by atoms with Gasteiger partial charge in [-0.1, -0.05) is 0 Å². The molecular weight excluding hydrogens is 234 g/mol. The molecule has 1 saturated carbocycles. The van der Waals surface area contributed by atoms with Crippen LogP contribution in [0.15, 0.2) is 0 Å². The third-order valence-electron chi connectivity index (χ3n) is 3.39. The molecule has 0 amide bonds. The van der Waals surface area contributed by atoms with Gasteiger partial charge in [0.15, 0.2) is 0 Å². The van der Waals surface area contributed by atoms with E-state index in [0.717, 1.165) is 35.0 Å². The predicted octanol–water partition coefficient (Wildman–Crippen LogP) is 3.10. The number of aromatic nitrogens is 1. The van der Waals surface area contributed by atoms with Crippen molar-refractivity contribution in [2.75, 3.05) is 6.61 Å². The maximum absolute atomic E-state index is 10.2. The monoisotopic (exact) mass is 253 g/mol. The summed E-state index contributed by atoms with van der Waals surface area (Å²) in [6.07, 6.45) is 4.81. The van der Waals surface area contributed by atoms with Gasteiger partial charge in [-0.05, 0) is 39.5 Å². The highest BCUT2D eigenvalue weighted by Gasteiger charge is 2.36. The smallest absolute Gasteiger partial charge is 0.122 e. The zero-order valence-corrected chi connectivity index (χ0v) is 11.2. The van der Waals surface area contributed by atoms with E-state index < -0.39 is 5.60 Å². The van der Waals surface area contributed by atoms with Gasteiger partial charge in [0.2, 0.25) is 0 Å². The fourth-order valence-corrected chi connectivity index (χ4v) is 3.57. The van der Waals surface area contributed by atoms with E-state index in [1.807, 2.05) is 13.8 Å². The Kier molecular flexibility index (Phi) is 2.76. The summed E-state index contributed by atoms with van der Waals surface area (Å²) in [5.41, 5.74) is 0.361. The molecule has 2 aliphatic rings. The lowest BCUT2D eigenvalue weighted by Gasteiger charge is -2.16. The number of aliphatic hydroxyl groups is 1. The number of thiazole rings is 1. The normalized spacial score (nSPS) is 25.5. The van der Waals surface area contributed by atoms with Gasteiger partial charge in [-0.3, -0.25) is 0 Å². The Bertz CT molecular complexity index is 412. The largest absolute Gasteiger partial charge is 0.385 e. The minimum absolute atomic E-state index is 0.175. The molecule has 4 heteroatoms. The van der Waals surface area contributed by atoms with Gasteiger partial charge >= 0.3 is 0 Å². The number of ether oxygens (including phenoxy) is 1. The first-order valence-electron chi connectivity index (χ1n) is 6.41. The molecule has 1 saturated heterocycles. The molecule has 1 unspecified atom stereocenters. The molecule has 0 radical (unpaired) electrons. The summed E-state index contributed by atoms with van der Waals surface area (Å²) in [5.74, 6) is 0.586. The average molecular weight is 253 g/mol. The Morgan fingerprint density at radius 1 is 1.35 bits per heavy atom. The van der Waals surface area contributed by atoms with Crippen LogP contribution in [0, 0.1) is 0 Å². The van der Waals surface area contributed by atoms with Gasteiger partial charge < -0.3 is 9.84 Å². The molecule has 1 atom stereocenters. The van der Waals surface area contributed by atoms with Crippen molar-refractivity contribution in [1.82, 2.24) is 4.98 Å². The van der Waals surface area contributed by atoms with Crippen LogP contribution in [0.3, 0.4) is 0 Å². The van der Waals surface area contributed by atoms with E-state index in [1.165, 1.54) is 12.8 Å². The fraction of sp³-hybridized carbons (Fsp3) is 0.769. The van der Waals surface area contributed by atoms with E-state index in [9.17, 15) is 5.11 Å². The van der Waals surface area contributed by atoms with E-state index in [2.05, 4.69) is 0 Å². The Morgan fingerprint density at radius 3 is 2.65 bits per heavy atom. The molecule has 1 aliphatic carbocycles. The summed E-state index contributed by atoms with van der Waals surface area (Å²) in [4.78, 5) is 5.80. The molecule has 0 bridgehead atoms. The van der Waals surface area contributed by atoms with Gasteiger partial charge in [0.1, 0.15) is 11.1 Å². The van der Waals surface area contributed by atoms with Gasteiger partial charge in [-0.2, -0.15) is 0 Å². The minimum Gasteiger partial charge on any atom is -0.385 e. The van der Waals surface area contributed by atoms with E-state index in [4.69, 9.17) is 9.72 Å². The maximum atomic E-state index is 10.2. The molecule has 2 heterocycles. The quantitative estimate of drug-likeness (QED) is 0.900. The Balaban J connectivity index is 1.95. The van der Waals surface area contributed by atoms with Crippen LogP contribution in [0.1, 0.15) is 67.1 Å². The lowest BCUT2D eigenvalue weighted by atomic mass is 10.0. The van der Waals surface area contributed by atoms with Crippen LogP contribution in [0.2, 0.25) is 0 Å². The van der Waals surface area contributed by atoms with E-state index in [-0.39, 0.29) is 6.10 Å². The van der Waals surface area contributed by atoms with Crippen LogP contribution < -0.4 is 0 Å². The Labute approximate surface area is 106 Å². The summed E-state index contributed by atoms with van der Waals surface area (Å²) in [6.45, 7) is 4.55. The Morgan fingerprint density at radius 2 is 2.12 bits per heavy atom. The van der Waals surface area contributed by atoms with Crippen molar-refractivity contribution in [3.8, 4) is 0 Å². The van der Waals surface area contributed by atoms with E-state index in [1.54, 1.807) is 11.3 Å². The standard InChI is InChI=1S/C13H19NO2S/c1-13(2,15)11-10(8-5-6-8)14-12(17-11)9-4-3-7-16-9/h8-9,15H,3-7H2,1-2H3. The van der Waals surface area contributed by atoms with Gasteiger partial charge in [-0.25, -0.2) is 4.98 Å². The molecular formula is C13H19NO2S. The van der Waals surface area contributed by atoms with Crippen molar-refractivity contribution in [3.63, 3.8) is 0 Å². The first kappa shape index (κ1) is 11.6. The average Bonchev–Trinajstić information content (AvgIpc) is 2.82. The van der Waals surface area contributed by atoms with Crippen LogP contribution in [0.4, 0.5) is 0 Å².